The van der Waals surface area contributed by atoms with Crippen LogP contribution in [-0.2, 0) is 15.8 Å². The molecule has 166 valence electrons. The summed E-state index contributed by atoms with van der Waals surface area (Å²) in [4.78, 5) is 38.5. The smallest absolute Gasteiger partial charge is 0.416 e. The van der Waals surface area contributed by atoms with E-state index < -0.39 is 41.9 Å². The molecule has 1 atom stereocenters. The fraction of sp³-hybridized carbons (Fsp3) is 0.125. The predicted octanol–water partition coefficient (Wildman–Crippen LogP) is 5.14. The fourth-order valence-electron chi connectivity index (χ4n) is 4.28. The number of halogens is 3. The third-order valence-electron chi connectivity index (χ3n) is 5.67. The second-order valence-electron chi connectivity index (χ2n) is 7.64. The van der Waals surface area contributed by atoms with E-state index in [2.05, 4.69) is 0 Å². The summed E-state index contributed by atoms with van der Waals surface area (Å²) in [6.45, 7) is 0. The number of hydrogen-bond acceptors (Lipinski definition) is 4. The highest BCUT2D eigenvalue weighted by Gasteiger charge is 2.43. The molecule has 9 heteroatoms. The van der Waals surface area contributed by atoms with Gasteiger partial charge in [-0.2, -0.15) is 13.2 Å². The summed E-state index contributed by atoms with van der Waals surface area (Å²) in [5.74, 6) is -2.52. The summed E-state index contributed by atoms with van der Waals surface area (Å²) in [5.41, 5.74) is 0.859. The van der Waals surface area contributed by atoms with Crippen molar-refractivity contribution < 1.29 is 37.4 Å². The van der Waals surface area contributed by atoms with E-state index in [1.54, 1.807) is 30.3 Å². The number of ether oxygens (including phenoxy) is 1. The van der Waals surface area contributed by atoms with Gasteiger partial charge < -0.3 is 9.84 Å². The lowest BCUT2D eigenvalue weighted by atomic mass is 9.86. The molecule has 0 aliphatic carbocycles. The molecule has 2 aliphatic rings. The number of carboxylic acids is 1. The van der Waals surface area contributed by atoms with Crippen LogP contribution in [0.25, 0.3) is 11.1 Å². The van der Waals surface area contributed by atoms with Crippen molar-refractivity contribution in [2.24, 2.45) is 0 Å². The molecule has 0 fully saturated rings. The predicted molar refractivity (Wildman–Crippen MR) is 110 cm³/mol. The van der Waals surface area contributed by atoms with Gasteiger partial charge in [-0.15, -0.1) is 0 Å². The minimum atomic E-state index is -4.55. The normalized spacial score (nSPS) is 16.7. The van der Waals surface area contributed by atoms with Gasteiger partial charge in [-0.05, 0) is 42.0 Å². The number of hydrogen-bond donors (Lipinski definition) is 1. The Bertz CT molecular complexity index is 1330. The molecule has 0 saturated heterocycles. The number of alkyl halides is 3. The Kier molecular flexibility index (Phi) is 4.52. The number of anilines is 2. The Morgan fingerprint density at radius 1 is 0.970 bits per heavy atom. The van der Waals surface area contributed by atoms with Crippen molar-refractivity contribution in [1.29, 1.82) is 0 Å². The number of nitrogens with zero attached hydrogens (tertiary/aromatic N) is 1. The molecule has 3 aromatic rings. The van der Waals surface area contributed by atoms with Crippen molar-refractivity contribution in [1.82, 2.24) is 0 Å². The minimum Gasteiger partial charge on any atom is -0.484 e. The Morgan fingerprint density at radius 3 is 2.33 bits per heavy atom. The van der Waals surface area contributed by atoms with Crippen molar-refractivity contribution >= 4 is 29.0 Å². The maximum atomic E-state index is 13.0. The zero-order valence-corrected chi connectivity index (χ0v) is 16.7. The first-order valence-corrected chi connectivity index (χ1v) is 9.87. The van der Waals surface area contributed by atoms with Gasteiger partial charge in [-0.25, -0.2) is 0 Å². The Hall–Kier alpha value is -4.14. The van der Waals surface area contributed by atoms with Gasteiger partial charge in [0, 0.05) is 16.8 Å². The van der Waals surface area contributed by atoms with Crippen molar-refractivity contribution in [3.05, 3.63) is 77.4 Å². The van der Waals surface area contributed by atoms with Crippen molar-refractivity contribution in [3.63, 3.8) is 0 Å². The van der Waals surface area contributed by atoms with Crippen LogP contribution in [0.3, 0.4) is 0 Å². The van der Waals surface area contributed by atoms with Crippen molar-refractivity contribution in [3.8, 4) is 16.9 Å². The van der Waals surface area contributed by atoms with Crippen LogP contribution in [0.4, 0.5) is 24.5 Å². The van der Waals surface area contributed by atoms with E-state index >= 15 is 0 Å². The van der Waals surface area contributed by atoms with Gasteiger partial charge in [0.25, 0.3) is 5.78 Å². The van der Waals surface area contributed by atoms with E-state index in [-0.39, 0.29) is 22.5 Å². The highest BCUT2D eigenvalue weighted by atomic mass is 19.4. The number of Topliss-reactive ketones (excluding diaryl/α,β-unsaturated/α-hetero) is 1. The van der Waals surface area contributed by atoms with E-state index in [1.807, 2.05) is 0 Å². The molecule has 3 aromatic carbocycles. The van der Waals surface area contributed by atoms with Crippen LogP contribution in [0.15, 0.2) is 60.7 Å². The maximum Gasteiger partial charge on any atom is 0.416 e. The lowest BCUT2D eigenvalue weighted by molar-refractivity contribution is -0.139. The molecule has 5 rings (SSSR count). The molecular formula is C24H14F3NO5. The summed E-state index contributed by atoms with van der Waals surface area (Å²) >= 11 is 0. The largest absolute Gasteiger partial charge is 0.484 e. The second kappa shape index (κ2) is 7.19. The molecule has 0 bridgehead atoms. The van der Waals surface area contributed by atoms with E-state index in [9.17, 15) is 32.7 Å². The SMILES string of the molecule is O=C(O)CC1Oc2ccccc2-c2ccc3c(c21)C(=O)C(=O)N3c1ccc(C(F)(F)F)cc1. The lowest BCUT2D eigenvalue weighted by Crippen LogP contribution is -2.25. The first kappa shape index (κ1) is 20.7. The summed E-state index contributed by atoms with van der Waals surface area (Å²) in [6, 6.07) is 14.0. The average molecular weight is 453 g/mol. The lowest BCUT2D eigenvalue weighted by Gasteiger charge is -2.29. The maximum absolute atomic E-state index is 13.0. The van der Waals surface area contributed by atoms with Crippen LogP contribution < -0.4 is 9.64 Å². The van der Waals surface area contributed by atoms with Gasteiger partial charge in [0.2, 0.25) is 0 Å². The molecular weight excluding hydrogens is 439 g/mol. The molecule has 2 heterocycles. The summed E-state index contributed by atoms with van der Waals surface area (Å²) in [5, 5.41) is 9.39. The number of rotatable bonds is 3. The van der Waals surface area contributed by atoms with Gasteiger partial charge in [-0.1, -0.05) is 24.3 Å². The quantitative estimate of drug-likeness (QED) is 0.555. The van der Waals surface area contributed by atoms with Crippen LogP contribution in [0, 0.1) is 0 Å². The van der Waals surface area contributed by atoms with Crippen LogP contribution in [0.2, 0.25) is 0 Å². The standard InChI is InChI=1S/C24H14F3NO5/c25-24(26,27)12-5-7-13(8-6-12)28-16-10-9-15-14-3-1-2-4-17(14)33-18(11-19(29)30)20(15)21(16)22(31)23(28)32/h1-10,18H,11H2,(H,29,30). The highest BCUT2D eigenvalue weighted by Crippen LogP contribution is 2.49. The average Bonchev–Trinajstić information content (AvgIpc) is 3.03. The zero-order valence-electron chi connectivity index (χ0n) is 16.7. The fourth-order valence-corrected chi connectivity index (χ4v) is 4.28. The molecule has 0 radical (unpaired) electrons. The molecule has 0 aromatic heterocycles. The van der Waals surface area contributed by atoms with Gasteiger partial charge in [0.1, 0.15) is 11.9 Å². The molecule has 6 nitrogen and oxygen atoms in total. The summed E-state index contributed by atoms with van der Waals surface area (Å²) in [7, 11) is 0. The van der Waals surface area contributed by atoms with Crippen LogP contribution in [0.5, 0.6) is 5.75 Å². The third kappa shape index (κ3) is 3.24. The molecule has 2 aliphatic heterocycles. The number of amides is 1. The summed E-state index contributed by atoms with van der Waals surface area (Å²) in [6.07, 6.45) is -6.01. The number of carbonyl (C=O) groups excluding carboxylic acids is 2. The molecule has 1 N–H and O–H groups in total. The van der Waals surface area contributed by atoms with E-state index in [4.69, 9.17) is 4.74 Å². The monoisotopic (exact) mass is 453 g/mol. The Morgan fingerprint density at radius 2 is 1.67 bits per heavy atom. The topological polar surface area (TPSA) is 83.9 Å². The van der Waals surface area contributed by atoms with E-state index in [0.717, 1.165) is 29.2 Å². The van der Waals surface area contributed by atoms with Gasteiger partial charge in [0.05, 0.1) is 23.2 Å². The number of carbonyl (C=O) groups is 3. The number of fused-ring (bicyclic) bond motifs is 5. The zero-order chi connectivity index (χ0) is 23.5. The van der Waals surface area contributed by atoms with Crippen molar-refractivity contribution in [2.75, 3.05) is 4.90 Å². The van der Waals surface area contributed by atoms with E-state index in [1.165, 1.54) is 6.07 Å². The second-order valence-corrected chi connectivity index (χ2v) is 7.64. The number of carboxylic acid groups (broad SMARTS) is 1. The highest BCUT2D eigenvalue weighted by molar-refractivity contribution is 6.54. The van der Waals surface area contributed by atoms with Gasteiger partial charge in [0.15, 0.2) is 0 Å². The first-order valence-electron chi connectivity index (χ1n) is 9.87. The summed E-state index contributed by atoms with van der Waals surface area (Å²) < 4.78 is 44.7. The van der Waals surface area contributed by atoms with Crippen LogP contribution >= 0.6 is 0 Å². The van der Waals surface area contributed by atoms with E-state index in [0.29, 0.717) is 16.9 Å². The molecule has 33 heavy (non-hydrogen) atoms. The first-order chi connectivity index (χ1) is 15.7. The van der Waals surface area contributed by atoms with Gasteiger partial charge in [-0.3, -0.25) is 19.3 Å². The number of para-hydroxylation sites is 1. The number of aliphatic carboxylic acids is 1. The third-order valence-corrected chi connectivity index (χ3v) is 5.67. The van der Waals surface area contributed by atoms with Gasteiger partial charge >= 0.3 is 18.1 Å². The number of benzene rings is 3. The van der Waals surface area contributed by atoms with Crippen molar-refractivity contribution in [2.45, 2.75) is 18.7 Å². The minimum absolute atomic E-state index is 0.00171. The Balaban J connectivity index is 1.69. The number of ketones is 1. The van der Waals surface area contributed by atoms with Crippen LogP contribution in [-0.4, -0.2) is 22.8 Å². The molecule has 0 spiro atoms. The Labute approximate surface area is 184 Å². The van der Waals surface area contributed by atoms with Crippen LogP contribution in [0.1, 0.15) is 34.0 Å². The molecule has 1 unspecified atom stereocenters. The molecule has 1 amide bonds. The molecule has 0 saturated carbocycles.